The molecular weight excluding hydrogens is 366 g/mol. The van der Waals surface area contributed by atoms with E-state index in [1.807, 2.05) is 53.3 Å². The van der Waals surface area contributed by atoms with E-state index >= 15 is 0 Å². The van der Waals surface area contributed by atoms with Crippen molar-refractivity contribution in [3.8, 4) is 0 Å². The Morgan fingerprint density at radius 3 is 2.69 bits per heavy atom. The molecule has 1 aliphatic rings. The van der Waals surface area contributed by atoms with E-state index in [0.29, 0.717) is 25.4 Å². The minimum Gasteiger partial charge on any atom is -0.361 e. The van der Waals surface area contributed by atoms with Crippen LogP contribution in [0.1, 0.15) is 36.9 Å². The lowest BCUT2D eigenvalue weighted by Crippen LogP contribution is -2.51. The second-order valence-corrected chi connectivity index (χ2v) is 7.80. The molecular formula is C22H27N5O2. The van der Waals surface area contributed by atoms with Crippen LogP contribution in [0.3, 0.4) is 0 Å². The van der Waals surface area contributed by atoms with Gasteiger partial charge in [-0.15, -0.1) is 0 Å². The lowest BCUT2D eigenvalue weighted by atomic mass is 9.92. The quantitative estimate of drug-likeness (QED) is 0.698. The number of likely N-dealkylation sites (tertiary alicyclic amines) is 1. The number of aromatic amines is 1. The van der Waals surface area contributed by atoms with E-state index in [1.54, 1.807) is 0 Å². The molecule has 0 bridgehead atoms. The zero-order valence-corrected chi connectivity index (χ0v) is 16.9. The van der Waals surface area contributed by atoms with Gasteiger partial charge in [0, 0.05) is 68.4 Å². The van der Waals surface area contributed by atoms with Crippen molar-refractivity contribution in [3.63, 3.8) is 0 Å². The molecule has 1 fully saturated rings. The highest BCUT2D eigenvalue weighted by Gasteiger charge is 2.30. The zero-order chi connectivity index (χ0) is 20.4. The van der Waals surface area contributed by atoms with Crippen molar-refractivity contribution in [2.24, 2.45) is 7.05 Å². The van der Waals surface area contributed by atoms with Gasteiger partial charge in [-0.1, -0.05) is 18.2 Å². The summed E-state index contributed by atoms with van der Waals surface area (Å²) >= 11 is 0. The summed E-state index contributed by atoms with van der Waals surface area (Å²) in [5, 5.41) is 8.22. The Balaban J connectivity index is 1.46. The number of fused-ring (bicyclic) bond motifs is 1. The van der Waals surface area contributed by atoms with E-state index in [-0.39, 0.29) is 11.8 Å². The third-order valence-electron chi connectivity index (χ3n) is 5.86. The topological polar surface area (TPSA) is 83.0 Å². The number of carbonyl (C=O) groups excluding carboxylic acids is 2. The molecule has 1 saturated heterocycles. The molecule has 4 rings (SSSR count). The molecule has 7 nitrogen and oxygen atoms in total. The van der Waals surface area contributed by atoms with Crippen molar-refractivity contribution >= 4 is 22.7 Å². The number of carbonyl (C=O) groups is 2. The van der Waals surface area contributed by atoms with E-state index in [2.05, 4.69) is 21.5 Å². The molecule has 0 aliphatic carbocycles. The van der Waals surface area contributed by atoms with Crippen molar-refractivity contribution in [3.05, 3.63) is 54.0 Å². The maximum absolute atomic E-state index is 13.2. The summed E-state index contributed by atoms with van der Waals surface area (Å²) in [5.41, 5.74) is 3.29. The van der Waals surface area contributed by atoms with Gasteiger partial charge in [0.15, 0.2) is 0 Å². The summed E-state index contributed by atoms with van der Waals surface area (Å²) in [6.07, 6.45) is 6.04. The third-order valence-corrected chi connectivity index (χ3v) is 5.86. The number of benzene rings is 1. The van der Waals surface area contributed by atoms with Gasteiger partial charge < -0.3 is 15.2 Å². The van der Waals surface area contributed by atoms with Gasteiger partial charge in [-0.25, -0.2) is 0 Å². The van der Waals surface area contributed by atoms with Crippen molar-refractivity contribution in [2.45, 2.75) is 38.1 Å². The Morgan fingerprint density at radius 1 is 1.24 bits per heavy atom. The number of nitrogens with one attached hydrogen (secondary N) is 2. The smallest absolute Gasteiger partial charge is 0.245 e. The van der Waals surface area contributed by atoms with Crippen molar-refractivity contribution < 1.29 is 9.59 Å². The molecule has 1 unspecified atom stereocenters. The SMILES string of the molecule is CC(=O)NC(Cc1c[nH]c2ccccc12)C(=O)N1CCC(c2ccnn2C)CC1. The molecule has 0 saturated carbocycles. The summed E-state index contributed by atoms with van der Waals surface area (Å²) in [6, 6.07) is 9.51. The van der Waals surface area contributed by atoms with Crippen LogP contribution >= 0.6 is 0 Å². The number of hydrogen-bond donors (Lipinski definition) is 2. The Labute approximate surface area is 170 Å². The lowest BCUT2D eigenvalue weighted by Gasteiger charge is -2.34. The standard InChI is InChI=1S/C22H27N5O2/c1-15(28)25-20(13-17-14-23-19-6-4-3-5-18(17)19)22(29)27-11-8-16(9-12-27)21-7-10-24-26(21)2/h3-7,10,14,16,20,23H,8-9,11-13H2,1-2H3,(H,25,28). The zero-order valence-electron chi connectivity index (χ0n) is 16.9. The number of H-pyrrole nitrogens is 1. The highest BCUT2D eigenvalue weighted by Crippen LogP contribution is 2.28. The molecule has 152 valence electrons. The number of rotatable bonds is 5. The number of aromatic nitrogens is 3. The van der Waals surface area contributed by atoms with E-state index in [0.717, 1.165) is 29.3 Å². The maximum atomic E-state index is 13.2. The molecule has 2 N–H and O–H groups in total. The van der Waals surface area contributed by atoms with Gasteiger partial charge in [0.1, 0.15) is 6.04 Å². The summed E-state index contributed by atoms with van der Waals surface area (Å²) < 4.78 is 1.92. The van der Waals surface area contributed by atoms with E-state index in [1.165, 1.54) is 12.6 Å². The lowest BCUT2D eigenvalue weighted by molar-refractivity contribution is -0.137. The van der Waals surface area contributed by atoms with Gasteiger partial charge in [-0.2, -0.15) is 5.10 Å². The molecule has 1 atom stereocenters. The third kappa shape index (κ3) is 4.04. The summed E-state index contributed by atoms with van der Waals surface area (Å²) in [5.74, 6) is 0.223. The second-order valence-electron chi connectivity index (χ2n) is 7.80. The Hall–Kier alpha value is -3.09. The fourth-order valence-electron chi connectivity index (χ4n) is 4.37. The first-order valence-corrected chi connectivity index (χ1v) is 10.1. The molecule has 1 aromatic carbocycles. The van der Waals surface area contributed by atoms with Crippen molar-refractivity contribution in [1.29, 1.82) is 0 Å². The highest BCUT2D eigenvalue weighted by atomic mass is 16.2. The average Bonchev–Trinajstić information content (AvgIpc) is 3.33. The van der Waals surface area contributed by atoms with Crippen LogP contribution in [0.2, 0.25) is 0 Å². The molecule has 3 heterocycles. The van der Waals surface area contributed by atoms with Gasteiger partial charge in [0.05, 0.1) is 0 Å². The minimum absolute atomic E-state index is 0.00561. The summed E-state index contributed by atoms with van der Waals surface area (Å²) in [4.78, 5) is 30.2. The van der Waals surface area contributed by atoms with E-state index in [4.69, 9.17) is 0 Å². The van der Waals surface area contributed by atoms with Gasteiger partial charge >= 0.3 is 0 Å². The number of para-hydroxylation sites is 1. The first kappa shape index (κ1) is 19.2. The Bertz CT molecular complexity index is 1010. The molecule has 29 heavy (non-hydrogen) atoms. The van der Waals surface area contributed by atoms with Crippen LogP contribution in [0.15, 0.2) is 42.7 Å². The first-order chi connectivity index (χ1) is 14.0. The fraction of sp³-hybridized carbons (Fsp3) is 0.409. The molecule has 3 aromatic rings. The molecule has 0 spiro atoms. The van der Waals surface area contributed by atoms with Crippen LogP contribution < -0.4 is 5.32 Å². The van der Waals surface area contributed by atoms with Crippen molar-refractivity contribution in [1.82, 2.24) is 25.0 Å². The number of piperidine rings is 1. The maximum Gasteiger partial charge on any atom is 0.245 e. The summed E-state index contributed by atoms with van der Waals surface area (Å²) in [7, 11) is 1.96. The Kier molecular flexibility index (Phi) is 5.38. The first-order valence-electron chi connectivity index (χ1n) is 10.1. The number of aryl methyl sites for hydroxylation is 1. The number of nitrogens with zero attached hydrogens (tertiary/aromatic N) is 3. The predicted octanol–water partition coefficient (Wildman–Crippen LogP) is 2.35. The molecule has 2 amide bonds. The van der Waals surface area contributed by atoms with E-state index < -0.39 is 6.04 Å². The normalized spacial score (nSPS) is 16.1. The Morgan fingerprint density at radius 2 is 2.00 bits per heavy atom. The van der Waals surface area contributed by atoms with Crippen LogP contribution in [0, 0.1) is 0 Å². The monoisotopic (exact) mass is 393 g/mol. The van der Waals surface area contributed by atoms with Gasteiger partial charge in [0.25, 0.3) is 0 Å². The minimum atomic E-state index is -0.556. The second kappa shape index (κ2) is 8.11. The van der Waals surface area contributed by atoms with Crippen LogP contribution in [0.25, 0.3) is 10.9 Å². The van der Waals surface area contributed by atoms with Crippen LogP contribution in [-0.2, 0) is 23.1 Å². The van der Waals surface area contributed by atoms with Crippen molar-refractivity contribution in [2.75, 3.05) is 13.1 Å². The number of amides is 2. The van der Waals surface area contributed by atoms with Crippen LogP contribution in [0.5, 0.6) is 0 Å². The molecule has 0 radical (unpaired) electrons. The van der Waals surface area contributed by atoms with Gasteiger partial charge in [0.2, 0.25) is 11.8 Å². The van der Waals surface area contributed by atoms with Crippen LogP contribution in [-0.4, -0.2) is 50.6 Å². The van der Waals surface area contributed by atoms with Gasteiger partial charge in [-0.3, -0.25) is 14.3 Å². The largest absolute Gasteiger partial charge is 0.361 e. The molecule has 7 heteroatoms. The molecule has 2 aromatic heterocycles. The highest BCUT2D eigenvalue weighted by molar-refractivity contribution is 5.89. The van der Waals surface area contributed by atoms with Gasteiger partial charge in [-0.05, 0) is 30.5 Å². The predicted molar refractivity (Wildman–Crippen MR) is 111 cm³/mol. The molecule has 1 aliphatic heterocycles. The van der Waals surface area contributed by atoms with E-state index in [9.17, 15) is 9.59 Å². The summed E-state index contributed by atoms with van der Waals surface area (Å²) in [6.45, 7) is 2.85. The van der Waals surface area contributed by atoms with Crippen LogP contribution in [0.4, 0.5) is 0 Å². The average molecular weight is 393 g/mol. The number of hydrogen-bond acceptors (Lipinski definition) is 3. The fourth-order valence-corrected chi connectivity index (χ4v) is 4.37.